The van der Waals surface area contributed by atoms with Crippen LogP contribution in [-0.2, 0) is 4.74 Å². The Morgan fingerprint density at radius 2 is 1.82 bits per heavy atom. The van der Waals surface area contributed by atoms with Crippen molar-refractivity contribution in [3.05, 3.63) is 0 Å². The van der Waals surface area contributed by atoms with Gasteiger partial charge >= 0.3 is 0 Å². The zero-order valence-corrected chi connectivity index (χ0v) is 7.26. The van der Waals surface area contributed by atoms with E-state index >= 15 is 0 Å². The van der Waals surface area contributed by atoms with Crippen molar-refractivity contribution in [2.24, 2.45) is 0 Å². The SMILES string of the molecule is CC1(C)OC2(CCCC2)C1O. The third-order valence-corrected chi connectivity index (χ3v) is 3.07. The van der Waals surface area contributed by atoms with Crippen molar-refractivity contribution in [2.45, 2.75) is 56.8 Å². The summed E-state index contributed by atoms with van der Waals surface area (Å²) in [6.07, 6.45) is 4.30. The highest BCUT2D eigenvalue weighted by atomic mass is 16.6. The Morgan fingerprint density at radius 3 is 2.18 bits per heavy atom. The second kappa shape index (κ2) is 1.99. The van der Waals surface area contributed by atoms with Crippen LogP contribution < -0.4 is 0 Å². The smallest absolute Gasteiger partial charge is 0.111 e. The van der Waals surface area contributed by atoms with Gasteiger partial charge in [-0.05, 0) is 26.7 Å². The van der Waals surface area contributed by atoms with Crippen molar-refractivity contribution in [2.75, 3.05) is 0 Å². The molecule has 11 heavy (non-hydrogen) atoms. The third-order valence-electron chi connectivity index (χ3n) is 3.07. The van der Waals surface area contributed by atoms with E-state index in [0.29, 0.717) is 0 Å². The van der Waals surface area contributed by atoms with Gasteiger partial charge < -0.3 is 9.84 Å². The minimum absolute atomic E-state index is 0.135. The van der Waals surface area contributed by atoms with Crippen molar-refractivity contribution in [3.63, 3.8) is 0 Å². The van der Waals surface area contributed by atoms with Crippen LogP contribution in [0, 0.1) is 0 Å². The van der Waals surface area contributed by atoms with E-state index in [-0.39, 0.29) is 17.3 Å². The predicted molar refractivity (Wildman–Crippen MR) is 42.4 cm³/mol. The first-order valence-electron chi connectivity index (χ1n) is 4.45. The lowest BCUT2D eigenvalue weighted by atomic mass is 9.77. The van der Waals surface area contributed by atoms with Crippen LogP contribution in [0.15, 0.2) is 0 Å². The van der Waals surface area contributed by atoms with E-state index in [0.717, 1.165) is 12.8 Å². The lowest BCUT2D eigenvalue weighted by Crippen LogP contribution is -2.68. The van der Waals surface area contributed by atoms with Crippen LogP contribution in [0.4, 0.5) is 0 Å². The number of hydrogen-bond acceptors (Lipinski definition) is 2. The van der Waals surface area contributed by atoms with Crippen LogP contribution in [0.1, 0.15) is 39.5 Å². The summed E-state index contributed by atoms with van der Waals surface area (Å²) in [5.74, 6) is 0. The van der Waals surface area contributed by atoms with E-state index < -0.39 is 0 Å². The lowest BCUT2D eigenvalue weighted by molar-refractivity contribution is -0.331. The molecule has 0 bridgehead atoms. The molecular weight excluding hydrogens is 140 g/mol. The van der Waals surface area contributed by atoms with Gasteiger partial charge in [-0.15, -0.1) is 0 Å². The molecule has 1 saturated carbocycles. The molecule has 64 valence electrons. The number of aliphatic hydroxyl groups excluding tert-OH is 1. The van der Waals surface area contributed by atoms with Crippen LogP contribution in [-0.4, -0.2) is 22.4 Å². The molecule has 1 atom stereocenters. The van der Waals surface area contributed by atoms with Gasteiger partial charge in [0, 0.05) is 0 Å². The Hall–Kier alpha value is -0.0800. The first-order chi connectivity index (χ1) is 5.07. The summed E-state index contributed by atoms with van der Waals surface area (Å²) in [6.45, 7) is 3.92. The fourth-order valence-corrected chi connectivity index (χ4v) is 2.56. The minimum atomic E-state index is -0.287. The molecule has 0 radical (unpaired) electrons. The molecule has 1 N–H and O–H groups in total. The molecule has 1 aliphatic carbocycles. The fourth-order valence-electron chi connectivity index (χ4n) is 2.56. The van der Waals surface area contributed by atoms with Gasteiger partial charge in [-0.2, -0.15) is 0 Å². The van der Waals surface area contributed by atoms with Gasteiger partial charge in [0.15, 0.2) is 0 Å². The normalized spacial score (nSPS) is 39.0. The van der Waals surface area contributed by atoms with Gasteiger partial charge in [0.2, 0.25) is 0 Å². The summed E-state index contributed by atoms with van der Waals surface area (Å²) in [4.78, 5) is 0. The zero-order chi connectivity index (χ0) is 8.11. The molecule has 2 nitrogen and oxygen atoms in total. The maximum absolute atomic E-state index is 9.80. The molecule has 1 spiro atoms. The average Bonchev–Trinajstić information content (AvgIpc) is 2.37. The van der Waals surface area contributed by atoms with Crippen LogP contribution in [0.3, 0.4) is 0 Å². The Balaban J connectivity index is 2.10. The Kier molecular flexibility index (Phi) is 1.37. The van der Waals surface area contributed by atoms with E-state index in [9.17, 15) is 5.11 Å². The number of aliphatic hydroxyl groups is 1. The Bertz CT molecular complexity index is 168. The summed E-state index contributed by atoms with van der Waals surface area (Å²) in [5.41, 5.74) is -0.423. The monoisotopic (exact) mass is 156 g/mol. The Morgan fingerprint density at radius 1 is 1.27 bits per heavy atom. The highest BCUT2D eigenvalue weighted by Gasteiger charge is 2.60. The quantitative estimate of drug-likeness (QED) is 0.575. The summed E-state index contributed by atoms with van der Waals surface area (Å²) < 4.78 is 5.74. The summed E-state index contributed by atoms with van der Waals surface area (Å²) >= 11 is 0. The van der Waals surface area contributed by atoms with Crippen molar-refractivity contribution < 1.29 is 9.84 Å². The molecule has 1 aliphatic heterocycles. The molecule has 1 saturated heterocycles. The molecular formula is C9H16O2. The summed E-state index contributed by atoms with van der Waals surface area (Å²) in [5, 5.41) is 9.80. The molecule has 0 amide bonds. The number of ether oxygens (including phenoxy) is 1. The number of rotatable bonds is 0. The van der Waals surface area contributed by atoms with Crippen molar-refractivity contribution >= 4 is 0 Å². The topological polar surface area (TPSA) is 29.5 Å². The van der Waals surface area contributed by atoms with Gasteiger partial charge in [0.05, 0.1) is 11.2 Å². The van der Waals surface area contributed by atoms with Gasteiger partial charge in [-0.1, -0.05) is 12.8 Å². The molecule has 2 aliphatic rings. The second-order valence-electron chi connectivity index (χ2n) is 4.38. The van der Waals surface area contributed by atoms with Gasteiger partial charge in [-0.3, -0.25) is 0 Å². The number of hydrogen-bond donors (Lipinski definition) is 1. The van der Waals surface area contributed by atoms with E-state index in [1.807, 2.05) is 13.8 Å². The van der Waals surface area contributed by atoms with Crippen LogP contribution >= 0.6 is 0 Å². The van der Waals surface area contributed by atoms with Crippen molar-refractivity contribution in [1.29, 1.82) is 0 Å². The van der Waals surface area contributed by atoms with E-state index in [2.05, 4.69) is 0 Å². The molecule has 2 rings (SSSR count). The van der Waals surface area contributed by atoms with Crippen LogP contribution in [0.2, 0.25) is 0 Å². The van der Waals surface area contributed by atoms with E-state index in [4.69, 9.17) is 4.74 Å². The first kappa shape index (κ1) is 7.56. The molecule has 2 fully saturated rings. The van der Waals surface area contributed by atoms with Crippen LogP contribution in [0.5, 0.6) is 0 Å². The predicted octanol–water partition coefficient (Wildman–Crippen LogP) is 1.47. The summed E-state index contributed by atoms with van der Waals surface area (Å²) in [6, 6.07) is 0. The molecule has 1 unspecified atom stereocenters. The largest absolute Gasteiger partial charge is 0.387 e. The molecule has 0 aromatic carbocycles. The summed E-state index contributed by atoms with van der Waals surface area (Å²) in [7, 11) is 0. The Labute approximate surface area is 67.6 Å². The first-order valence-corrected chi connectivity index (χ1v) is 4.45. The van der Waals surface area contributed by atoms with Gasteiger partial charge in [0.25, 0.3) is 0 Å². The zero-order valence-electron chi connectivity index (χ0n) is 7.26. The molecule has 2 heteroatoms. The third kappa shape index (κ3) is 0.859. The lowest BCUT2D eigenvalue weighted by Gasteiger charge is -2.56. The highest BCUT2D eigenvalue weighted by molar-refractivity contribution is 5.09. The van der Waals surface area contributed by atoms with Crippen LogP contribution in [0.25, 0.3) is 0 Å². The van der Waals surface area contributed by atoms with Crippen molar-refractivity contribution in [1.82, 2.24) is 0 Å². The standard InChI is InChI=1S/C9H16O2/c1-8(2)7(10)9(11-8)5-3-4-6-9/h7,10H,3-6H2,1-2H3. The van der Waals surface area contributed by atoms with Gasteiger partial charge in [-0.25, -0.2) is 0 Å². The van der Waals surface area contributed by atoms with E-state index in [1.54, 1.807) is 0 Å². The molecule has 0 aromatic rings. The maximum atomic E-state index is 9.80. The molecule has 0 aromatic heterocycles. The van der Waals surface area contributed by atoms with E-state index in [1.165, 1.54) is 12.8 Å². The maximum Gasteiger partial charge on any atom is 0.111 e. The fraction of sp³-hybridized carbons (Fsp3) is 1.00. The second-order valence-corrected chi connectivity index (χ2v) is 4.38. The molecule has 1 heterocycles. The highest BCUT2D eigenvalue weighted by Crippen LogP contribution is 2.50. The average molecular weight is 156 g/mol. The van der Waals surface area contributed by atoms with Gasteiger partial charge in [0.1, 0.15) is 6.10 Å². The minimum Gasteiger partial charge on any atom is -0.387 e. The van der Waals surface area contributed by atoms with Crippen molar-refractivity contribution in [3.8, 4) is 0 Å².